The molecule has 7 heteroatoms. The number of para-hydroxylation sites is 1. The predicted octanol–water partition coefficient (Wildman–Crippen LogP) is 3.80. The number of fused-ring (bicyclic) bond motifs is 3. The third-order valence-electron chi connectivity index (χ3n) is 4.87. The van der Waals surface area contributed by atoms with Crippen LogP contribution in [0, 0.1) is 5.82 Å². The van der Waals surface area contributed by atoms with E-state index in [1.165, 1.54) is 29.3 Å². The summed E-state index contributed by atoms with van der Waals surface area (Å²) in [6, 6.07) is 6.43. The molecule has 0 saturated heterocycles. The van der Waals surface area contributed by atoms with E-state index in [0.717, 1.165) is 23.1 Å². The highest BCUT2D eigenvalue weighted by Gasteiger charge is 2.20. The van der Waals surface area contributed by atoms with E-state index in [2.05, 4.69) is 9.88 Å². The zero-order valence-electron chi connectivity index (χ0n) is 15.4. The molecule has 1 aliphatic carbocycles. The van der Waals surface area contributed by atoms with Crippen LogP contribution in [-0.4, -0.2) is 35.1 Å². The number of ether oxygens (including phenoxy) is 1. The Morgan fingerprint density at radius 3 is 2.89 bits per heavy atom. The van der Waals surface area contributed by atoms with Crippen LogP contribution in [0.3, 0.4) is 0 Å². The van der Waals surface area contributed by atoms with E-state index >= 15 is 0 Å². The van der Waals surface area contributed by atoms with Crippen molar-refractivity contribution in [1.29, 1.82) is 0 Å². The van der Waals surface area contributed by atoms with Crippen LogP contribution in [0.5, 0.6) is 5.75 Å². The van der Waals surface area contributed by atoms with Crippen molar-refractivity contribution in [3.8, 4) is 5.75 Å². The third kappa shape index (κ3) is 3.89. The normalized spacial score (nSPS) is 13.9. The SMILES string of the molecule is CN(CCOc1ccccc1F)Cc1nc(N)c2c3c(sc2n1)CCCC3. The fourth-order valence-electron chi connectivity index (χ4n) is 3.50. The monoisotopic (exact) mass is 386 g/mol. The smallest absolute Gasteiger partial charge is 0.165 e. The summed E-state index contributed by atoms with van der Waals surface area (Å²) in [6.07, 6.45) is 4.66. The Balaban J connectivity index is 1.41. The molecule has 0 spiro atoms. The molecule has 0 atom stereocenters. The molecule has 0 unspecified atom stereocenters. The maximum absolute atomic E-state index is 13.6. The van der Waals surface area contributed by atoms with Crippen molar-refractivity contribution >= 4 is 27.4 Å². The van der Waals surface area contributed by atoms with Crippen LogP contribution >= 0.6 is 11.3 Å². The summed E-state index contributed by atoms with van der Waals surface area (Å²) in [6.45, 7) is 1.60. The molecular formula is C20H23FN4OS. The van der Waals surface area contributed by atoms with Crippen LogP contribution < -0.4 is 10.5 Å². The van der Waals surface area contributed by atoms with Gasteiger partial charge in [0.25, 0.3) is 0 Å². The summed E-state index contributed by atoms with van der Waals surface area (Å²) in [7, 11) is 1.97. The Labute approximate surface area is 162 Å². The summed E-state index contributed by atoms with van der Waals surface area (Å²) in [4.78, 5) is 13.7. The average Bonchev–Trinajstić information content (AvgIpc) is 3.02. The highest BCUT2D eigenvalue weighted by atomic mass is 32.1. The largest absolute Gasteiger partial charge is 0.489 e. The van der Waals surface area contributed by atoms with E-state index in [4.69, 9.17) is 15.5 Å². The van der Waals surface area contributed by atoms with Gasteiger partial charge < -0.3 is 10.5 Å². The number of aromatic nitrogens is 2. The molecule has 0 saturated carbocycles. The van der Waals surface area contributed by atoms with Crippen LogP contribution in [0.25, 0.3) is 10.2 Å². The first-order valence-corrected chi connectivity index (χ1v) is 10.1. The molecule has 2 heterocycles. The van der Waals surface area contributed by atoms with E-state index in [-0.39, 0.29) is 11.6 Å². The Hall–Kier alpha value is -2.25. The molecule has 27 heavy (non-hydrogen) atoms. The fourth-order valence-corrected chi connectivity index (χ4v) is 4.78. The minimum Gasteiger partial charge on any atom is -0.489 e. The number of nitrogen functional groups attached to an aromatic ring is 1. The zero-order valence-corrected chi connectivity index (χ0v) is 16.2. The fraction of sp³-hybridized carbons (Fsp3) is 0.400. The summed E-state index contributed by atoms with van der Waals surface area (Å²) in [5.41, 5.74) is 7.62. The second-order valence-corrected chi connectivity index (χ2v) is 8.02. The van der Waals surface area contributed by atoms with Crippen molar-refractivity contribution in [3.05, 3.63) is 46.3 Å². The van der Waals surface area contributed by atoms with Gasteiger partial charge in [0.1, 0.15) is 23.1 Å². The first kappa shape index (κ1) is 18.1. The number of nitrogens with two attached hydrogens (primary N) is 1. The molecule has 0 aliphatic heterocycles. The van der Waals surface area contributed by atoms with E-state index in [0.29, 0.717) is 31.3 Å². The average molecular weight is 386 g/mol. The zero-order chi connectivity index (χ0) is 18.8. The lowest BCUT2D eigenvalue weighted by atomic mass is 9.97. The van der Waals surface area contributed by atoms with Gasteiger partial charge in [-0.1, -0.05) is 12.1 Å². The molecule has 1 aromatic carbocycles. The topological polar surface area (TPSA) is 64.3 Å². The Kier molecular flexibility index (Phi) is 5.22. The first-order valence-electron chi connectivity index (χ1n) is 9.24. The van der Waals surface area contributed by atoms with E-state index < -0.39 is 0 Å². The van der Waals surface area contributed by atoms with Gasteiger partial charge >= 0.3 is 0 Å². The highest BCUT2D eigenvalue weighted by molar-refractivity contribution is 7.19. The standard InChI is InChI=1S/C20H23FN4OS/c1-25(10-11-26-15-8-4-3-7-14(15)21)12-17-23-19(22)18-13-6-2-5-9-16(13)27-20(18)24-17/h3-4,7-8H,2,5-6,9-12H2,1H3,(H2,22,23,24). The number of aryl methyl sites for hydroxylation is 2. The Morgan fingerprint density at radius 1 is 1.22 bits per heavy atom. The summed E-state index contributed by atoms with van der Waals surface area (Å²) in [5, 5.41) is 1.06. The van der Waals surface area contributed by atoms with Crippen molar-refractivity contribution in [2.24, 2.45) is 0 Å². The third-order valence-corrected chi connectivity index (χ3v) is 6.05. The number of likely N-dealkylation sites (N-methyl/N-ethyl adjacent to an activating group) is 1. The maximum Gasteiger partial charge on any atom is 0.165 e. The van der Waals surface area contributed by atoms with Gasteiger partial charge in [-0.2, -0.15) is 0 Å². The van der Waals surface area contributed by atoms with Crippen LogP contribution in [0.15, 0.2) is 24.3 Å². The quantitative estimate of drug-likeness (QED) is 0.698. The number of nitrogens with zero attached hydrogens (tertiary/aromatic N) is 3. The minimum atomic E-state index is -0.344. The number of anilines is 1. The molecule has 0 bridgehead atoms. The van der Waals surface area contributed by atoms with E-state index in [9.17, 15) is 4.39 Å². The molecule has 0 radical (unpaired) electrons. The van der Waals surface area contributed by atoms with Gasteiger partial charge in [-0.05, 0) is 50.4 Å². The number of rotatable bonds is 6. The van der Waals surface area contributed by atoms with Gasteiger partial charge in [0, 0.05) is 11.4 Å². The highest BCUT2D eigenvalue weighted by Crippen LogP contribution is 2.37. The second kappa shape index (κ2) is 7.78. The van der Waals surface area contributed by atoms with Crippen LogP contribution in [-0.2, 0) is 19.4 Å². The maximum atomic E-state index is 13.6. The predicted molar refractivity (Wildman–Crippen MR) is 107 cm³/mol. The van der Waals surface area contributed by atoms with Gasteiger partial charge in [-0.3, -0.25) is 4.90 Å². The summed E-state index contributed by atoms with van der Waals surface area (Å²) >= 11 is 1.76. The van der Waals surface area contributed by atoms with Gasteiger partial charge in [-0.25, -0.2) is 14.4 Å². The summed E-state index contributed by atoms with van der Waals surface area (Å²) < 4.78 is 19.1. The minimum absolute atomic E-state index is 0.275. The van der Waals surface area contributed by atoms with E-state index in [1.54, 1.807) is 29.5 Å². The van der Waals surface area contributed by atoms with Crippen molar-refractivity contribution < 1.29 is 9.13 Å². The first-order chi connectivity index (χ1) is 13.1. The van der Waals surface area contributed by atoms with Crippen molar-refractivity contribution in [3.63, 3.8) is 0 Å². The molecule has 2 aromatic heterocycles. The molecule has 0 amide bonds. The summed E-state index contributed by atoms with van der Waals surface area (Å²) in [5.74, 6) is 1.23. The van der Waals surface area contributed by atoms with Gasteiger partial charge in [0.2, 0.25) is 0 Å². The molecule has 2 N–H and O–H groups in total. The molecule has 1 aliphatic rings. The Bertz CT molecular complexity index is 959. The van der Waals surface area contributed by atoms with Crippen molar-refractivity contribution in [2.75, 3.05) is 25.9 Å². The van der Waals surface area contributed by atoms with E-state index in [1.807, 2.05) is 7.05 Å². The molecule has 0 fully saturated rings. The van der Waals surface area contributed by atoms with Crippen LogP contribution in [0.4, 0.5) is 10.2 Å². The molecule has 5 nitrogen and oxygen atoms in total. The number of hydrogen-bond acceptors (Lipinski definition) is 6. The van der Waals surface area contributed by atoms with Gasteiger partial charge in [-0.15, -0.1) is 11.3 Å². The number of hydrogen-bond donors (Lipinski definition) is 1. The van der Waals surface area contributed by atoms with Gasteiger partial charge in [0.05, 0.1) is 11.9 Å². The lowest BCUT2D eigenvalue weighted by Gasteiger charge is -2.16. The molecule has 3 aromatic rings. The number of benzene rings is 1. The molecule has 142 valence electrons. The van der Waals surface area contributed by atoms with Crippen LogP contribution in [0.1, 0.15) is 29.1 Å². The lowest BCUT2D eigenvalue weighted by molar-refractivity contribution is 0.224. The second-order valence-electron chi connectivity index (χ2n) is 6.93. The number of halogens is 1. The lowest BCUT2D eigenvalue weighted by Crippen LogP contribution is -2.25. The molecule has 4 rings (SSSR count). The van der Waals surface area contributed by atoms with Crippen molar-refractivity contribution in [1.82, 2.24) is 14.9 Å². The molecular weight excluding hydrogens is 363 g/mol. The van der Waals surface area contributed by atoms with Gasteiger partial charge in [0.15, 0.2) is 11.6 Å². The number of thiophene rings is 1. The van der Waals surface area contributed by atoms with Crippen LogP contribution in [0.2, 0.25) is 0 Å². The van der Waals surface area contributed by atoms with Crippen molar-refractivity contribution in [2.45, 2.75) is 32.2 Å². The Morgan fingerprint density at radius 2 is 2.04 bits per heavy atom.